The first kappa shape index (κ1) is 13.4. The Morgan fingerprint density at radius 2 is 1.95 bits per heavy atom. The maximum absolute atomic E-state index is 12.0. The molecule has 1 aromatic rings. The maximum Gasteiger partial charge on any atom is 0.189 e. The van der Waals surface area contributed by atoms with E-state index in [1.165, 1.54) is 18.1 Å². The summed E-state index contributed by atoms with van der Waals surface area (Å²) in [4.78, 5) is 16.1. The third-order valence-electron chi connectivity index (χ3n) is 2.30. The number of benzene rings is 1. The van der Waals surface area contributed by atoms with E-state index < -0.39 is 0 Å². The third kappa shape index (κ3) is 4.26. The highest BCUT2D eigenvalue weighted by Gasteiger charge is 2.09. The number of ketones is 1. The van der Waals surface area contributed by atoms with Crippen LogP contribution in [0.1, 0.15) is 10.4 Å². The van der Waals surface area contributed by atoms with Gasteiger partial charge in [-0.1, -0.05) is 30.4 Å². The SMILES string of the molecule is O=C1C=CC=CC=CN=CCSOc2ccccc21. The van der Waals surface area contributed by atoms with Crippen molar-refractivity contribution >= 4 is 24.0 Å². The predicted octanol–water partition coefficient (Wildman–Crippen LogP) is 3.61. The van der Waals surface area contributed by atoms with E-state index in [9.17, 15) is 4.79 Å². The van der Waals surface area contributed by atoms with Crippen molar-refractivity contribution in [3.8, 4) is 5.75 Å². The van der Waals surface area contributed by atoms with Crippen LogP contribution in [0.2, 0.25) is 0 Å². The van der Waals surface area contributed by atoms with Gasteiger partial charge in [-0.2, -0.15) is 0 Å². The van der Waals surface area contributed by atoms with Crippen LogP contribution in [0.25, 0.3) is 0 Å². The van der Waals surface area contributed by atoms with Crippen molar-refractivity contribution in [3.05, 3.63) is 66.4 Å². The summed E-state index contributed by atoms with van der Waals surface area (Å²) in [5.74, 6) is 1.12. The molecule has 0 saturated carbocycles. The fourth-order valence-corrected chi connectivity index (χ4v) is 1.92. The summed E-state index contributed by atoms with van der Waals surface area (Å²) < 4.78 is 5.53. The molecule has 0 N–H and O–H groups in total. The van der Waals surface area contributed by atoms with E-state index in [-0.39, 0.29) is 5.78 Å². The van der Waals surface area contributed by atoms with Gasteiger partial charge in [0.05, 0.1) is 23.4 Å². The van der Waals surface area contributed by atoms with Crippen LogP contribution in [-0.2, 0) is 0 Å². The summed E-state index contributed by atoms with van der Waals surface area (Å²) in [6.45, 7) is 0. The summed E-state index contributed by atoms with van der Waals surface area (Å²) in [6, 6.07) is 7.21. The predicted molar refractivity (Wildman–Crippen MR) is 79.8 cm³/mol. The number of para-hydroxylation sites is 1. The second kappa shape index (κ2) is 7.38. The van der Waals surface area contributed by atoms with Gasteiger partial charge < -0.3 is 4.18 Å². The molecule has 3 nitrogen and oxygen atoms in total. The molecule has 96 valence electrons. The van der Waals surface area contributed by atoms with Gasteiger partial charge in [-0.25, -0.2) is 0 Å². The average molecular weight is 271 g/mol. The summed E-state index contributed by atoms with van der Waals surface area (Å²) >= 11 is 1.25. The lowest BCUT2D eigenvalue weighted by molar-refractivity contribution is 0.104. The van der Waals surface area contributed by atoms with Crippen molar-refractivity contribution in [1.29, 1.82) is 0 Å². The topological polar surface area (TPSA) is 38.7 Å². The molecule has 2 rings (SSSR count). The standard InChI is InChI=1S/C15H13NO2S/c17-14-8-3-1-2-6-10-16-11-12-19-18-15-9-5-4-7-13(14)15/h1-11H,12H2. The highest BCUT2D eigenvalue weighted by molar-refractivity contribution is 7.95. The van der Waals surface area contributed by atoms with E-state index in [0.717, 1.165) is 0 Å². The van der Waals surface area contributed by atoms with Gasteiger partial charge in [0, 0.05) is 12.4 Å². The van der Waals surface area contributed by atoms with E-state index in [2.05, 4.69) is 4.99 Å². The van der Waals surface area contributed by atoms with Gasteiger partial charge in [0.1, 0.15) is 5.75 Å². The van der Waals surface area contributed by atoms with Crippen LogP contribution >= 0.6 is 12.0 Å². The molecule has 0 spiro atoms. The molecule has 19 heavy (non-hydrogen) atoms. The zero-order chi connectivity index (χ0) is 13.3. The Kier molecular flexibility index (Phi) is 5.19. The van der Waals surface area contributed by atoms with Gasteiger partial charge in [0.15, 0.2) is 5.78 Å². The van der Waals surface area contributed by atoms with Crippen LogP contribution in [0.3, 0.4) is 0 Å². The molecular weight excluding hydrogens is 258 g/mol. The zero-order valence-electron chi connectivity index (χ0n) is 10.2. The van der Waals surface area contributed by atoms with Gasteiger partial charge in [0.2, 0.25) is 0 Å². The summed E-state index contributed by atoms with van der Waals surface area (Å²) in [6.07, 6.45) is 12.1. The first-order valence-electron chi connectivity index (χ1n) is 5.82. The number of allylic oxidation sites excluding steroid dienone is 5. The average Bonchev–Trinajstić information content (AvgIpc) is 2.44. The van der Waals surface area contributed by atoms with E-state index in [4.69, 9.17) is 4.18 Å². The summed E-state index contributed by atoms with van der Waals surface area (Å²) in [5.41, 5.74) is 0.559. The lowest BCUT2D eigenvalue weighted by atomic mass is 10.1. The van der Waals surface area contributed by atoms with Crippen molar-refractivity contribution in [2.75, 3.05) is 5.75 Å². The minimum Gasteiger partial charge on any atom is -0.425 e. The molecule has 0 amide bonds. The van der Waals surface area contributed by atoms with E-state index >= 15 is 0 Å². The van der Waals surface area contributed by atoms with Crippen LogP contribution in [0.15, 0.2) is 65.8 Å². The Hall–Kier alpha value is -2.07. The number of hydrogen-bond acceptors (Lipinski definition) is 4. The second-order valence-corrected chi connectivity index (χ2v) is 4.38. The van der Waals surface area contributed by atoms with Crippen molar-refractivity contribution < 1.29 is 8.98 Å². The maximum atomic E-state index is 12.0. The minimum absolute atomic E-state index is 0.0736. The van der Waals surface area contributed by atoms with Gasteiger partial charge in [0.25, 0.3) is 0 Å². The Labute approximate surface area is 116 Å². The Bertz CT molecular complexity index is 559. The van der Waals surface area contributed by atoms with Gasteiger partial charge in [-0.3, -0.25) is 9.79 Å². The fraction of sp³-hybridized carbons (Fsp3) is 0.0667. The molecule has 0 aromatic heterocycles. The highest BCUT2D eigenvalue weighted by Crippen LogP contribution is 2.22. The van der Waals surface area contributed by atoms with E-state index in [0.29, 0.717) is 17.1 Å². The van der Waals surface area contributed by atoms with Crippen LogP contribution < -0.4 is 4.18 Å². The van der Waals surface area contributed by atoms with Crippen molar-refractivity contribution in [2.24, 2.45) is 4.99 Å². The van der Waals surface area contributed by atoms with Gasteiger partial charge in [-0.15, -0.1) is 0 Å². The number of aliphatic imine (C=N–C) groups is 1. The van der Waals surface area contributed by atoms with E-state index in [1.807, 2.05) is 18.2 Å². The molecule has 0 aliphatic carbocycles. The summed E-state index contributed by atoms with van der Waals surface area (Å²) in [7, 11) is 0. The Morgan fingerprint density at radius 3 is 2.89 bits per heavy atom. The van der Waals surface area contributed by atoms with Crippen molar-refractivity contribution in [3.63, 3.8) is 0 Å². The van der Waals surface area contributed by atoms with E-state index in [1.54, 1.807) is 42.8 Å². The number of nitrogens with zero attached hydrogens (tertiary/aromatic N) is 1. The summed E-state index contributed by atoms with van der Waals surface area (Å²) in [5, 5.41) is 0. The van der Waals surface area contributed by atoms with Crippen LogP contribution in [-0.4, -0.2) is 17.8 Å². The monoisotopic (exact) mass is 271 g/mol. The lowest BCUT2D eigenvalue weighted by Crippen LogP contribution is -1.98. The molecule has 1 aliphatic rings. The molecular formula is C15H13NO2S. The molecule has 0 saturated heterocycles. The third-order valence-corrected chi connectivity index (χ3v) is 2.88. The molecule has 0 unspecified atom stereocenters. The number of rotatable bonds is 0. The largest absolute Gasteiger partial charge is 0.425 e. The smallest absolute Gasteiger partial charge is 0.189 e. The fourth-order valence-electron chi connectivity index (χ4n) is 1.44. The van der Waals surface area contributed by atoms with Crippen LogP contribution in [0.4, 0.5) is 0 Å². The first-order valence-corrected chi connectivity index (χ1v) is 6.73. The van der Waals surface area contributed by atoms with Crippen molar-refractivity contribution in [1.82, 2.24) is 0 Å². The number of carbonyl (C=O) groups excluding carboxylic acids is 1. The Morgan fingerprint density at radius 1 is 1.11 bits per heavy atom. The molecule has 0 bridgehead atoms. The minimum atomic E-state index is -0.0736. The Balaban J connectivity index is 2.26. The molecule has 0 fully saturated rings. The molecule has 0 radical (unpaired) electrons. The highest BCUT2D eigenvalue weighted by atomic mass is 32.2. The zero-order valence-corrected chi connectivity index (χ0v) is 11.0. The number of carbonyl (C=O) groups is 1. The molecule has 4 heteroatoms. The second-order valence-electron chi connectivity index (χ2n) is 3.65. The molecule has 1 aromatic carbocycles. The van der Waals surface area contributed by atoms with Crippen LogP contribution in [0, 0.1) is 0 Å². The molecule has 0 atom stereocenters. The molecule has 1 heterocycles. The number of fused-ring (bicyclic) bond motifs is 1. The van der Waals surface area contributed by atoms with Gasteiger partial charge >= 0.3 is 0 Å². The first-order chi connectivity index (χ1) is 9.38. The van der Waals surface area contributed by atoms with Gasteiger partial charge in [-0.05, 0) is 24.3 Å². The molecule has 1 aliphatic heterocycles. The van der Waals surface area contributed by atoms with Crippen molar-refractivity contribution in [2.45, 2.75) is 0 Å². The van der Waals surface area contributed by atoms with Crippen LogP contribution in [0.5, 0.6) is 5.75 Å². The lowest BCUT2D eigenvalue weighted by Gasteiger charge is -2.06. The quantitative estimate of drug-likeness (QED) is 0.677. The normalized spacial score (nSPS) is 15.7. The number of hydrogen-bond donors (Lipinski definition) is 0.